The third kappa shape index (κ3) is 5.93. The van der Waals surface area contributed by atoms with Crippen LogP contribution in [0.25, 0.3) is 0 Å². The summed E-state index contributed by atoms with van der Waals surface area (Å²) in [5.41, 5.74) is 1.13. The smallest absolute Gasteiger partial charge is 0.341 e. The number of hydrogen-bond donors (Lipinski definition) is 2. The minimum atomic E-state index is -1.05. The molecule has 0 bridgehead atoms. The van der Waals surface area contributed by atoms with Crippen molar-refractivity contribution >= 4 is 23.3 Å². The summed E-state index contributed by atoms with van der Waals surface area (Å²) in [6.07, 6.45) is -0.451. The highest BCUT2D eigenvalue weighted by Crippen LogP contribution is 2.23. The molecule has 0 unspecified atom stereocenters. The van der Waals surface area contributed by atoms with E-state index in [4.69, 9.17) is 9.47 Å². The summed E-state index contributed by atoms with van der Waals surface area (Å²) in [7, 11) is 3.17. The summed E-state index contributed by atoms with van der Waals surface area (Å²) in [4.78, 5) is 34.9. The standard InChI is InChI=1S/C20H23N3O6/c1-13(19(24)22-11-10-14-4-7-16(28-3)8-5-14)29-20(25)17-12-15(23(26)27)6-9-18(17)21-2/h4-9,12-13,21H,10-11H2,1-3H3,(H,22,24)/t13-/m0/s1. The Morgan fingerprint density at radius 1 is 1.17 bits per heavy atom. The zero-order valence-electron chi connectivity index (χ0n) is 16.4. The Labute approximate surface area is 168 Å². The van der Waals surface area contributed by atoms with E-state index in [9.17, 15) is 19.7 Å². The predicted octanol–water partition coefficient (Wildman–Crippen LogP) is 2.55. The number of methoxy groups -OCH3 is 1. The molecule has 0 aliphatic rings. The molecule has 2 rings (SSSR count). The SMILES string of the molecule is CNc1ccc([N+](=O)[O-])cc1C(=O)O[C@@H](C)C(=O)NCCc1ccc(OC)cc1. The zero-order chi connectivity index (χ0) is 21.4. The Bertz CT molecular complexity index is 882. The number of anilines is 1. The van der Waals surface area contributed by atoms with Crippen LogP contribution < -0.4 is 15.4 Å². The molecule has 154 valence electrons. The van der Waals surface area contributed by atoms with E-state index in [2.05, 4.69) is 10.6 Å². The first kappa shape index (κ1) is 21.7. The fourth-order valence-corrected chi connectivity index (χ4v) is 2.58. The Morgan fingerprint density at radius 2 is 1.86 bits per heavy atom. The lowest BCUT2D eigenvalue weighted by Crippen LogP contribution is -2.37. The van der Waals surface area contributed by atoms with E-state index in [1.54, 1.807) is 14.2 Å². The second-order valence-corrected chi connectivity index (χ2v) is 6.17. The molecule has 0 fully saturated rings. The summed E-state index contributed by atoms with van der Waals surface area (Å²) in [6, 6.07) is 11.3. The van der Waals surface area contributed by atoms with Crippen molar-refractivity contribution in [3.8, 4) is 5.75 Å². The Balaban J connectivity index is 1.92. The molecule has 2 aromatic carbocycles. The van der Waals surface area contributed by atoms with Gasteiger partial charge < -0.3 is 20.1 Å². The fourth-order valence-electron chi connectivity index (χ4n) is 2.58. The minimum absolute atomic E-state index is 0.0143. The predicted molar refractivity (Wildman–Crippen MR) is 107 cm³/mol. The maximum Gasteiger partial charge on any atom is 0.341 e. The second kappa shape index (κ2) is 10.1. The van der Waals surface area contributed by atoms with Gasteiger partial charge in [0.1, 0.15) is 5.75 Å². The van der Waals surface area contributed by atoms with Gasteiger partial charge in [-0.25, -0.2) is 4.79 Å². The number of benzene rings is 2. The van der Waals surface area contributed by atoms with Crippen molar-refractivity contribution in [1.82, 2.24) is 5.32 Å². The van der Waals surface area contributed by atoms with Gasteiger partial charge in [-0.1, -0.05) is 12.1 Å². The molecular formula is C20H23N3O6. The molecule has 9 nitrogen and oxygen atoms in total. The number of nitrogens with zero attached hydrogens (tertiary/aromatic N) is 1. The highest BCUT2D eigenvalue weighted by molar-refractivity contribution is 5.98. The van der Waals surface area contributed by atoms with Crippen LogP contribution in [0.1, 0.15) is 22.8 Å². The van der Waals surface area contributed by atoms with Gasteiger partial charge in [-0.15, -0.1) is 0 Å². The van der Waals surface area contributed by atoms with Gasteiger partial charge in [-0.05, 0) is 37.1 Å². The Morgan fingerprint density at radius 3 is 2.45 bits per heavy atom. The Hall–Kier alpha value is -3.62. The second-order valence-electron chi connectivity index (χ2n) is 6.17. The molecule has 0 heterocycles. The fraction of sp³-hybridized carbons (Fsp3) is 0.300. The van der Waals surface area contributed by atoms with Crippen molar-refractivity contribution in [2.75, 3.05) is 26.0 Å². The van der Waals surface area contributed by atoms with Crippen molar-refractivity contribution in [3.63, 3.8) is 0 Å². The third-order valence-electron chi connectivity index (χ3n) is 4.23. The van der Waals surface area contributed by atoms with Crippen molar-refractivity contribution in [1.29, 1.82) is 0 Å². The molecule has 2 aromatic rings. The first-order chi connectivity index (χ1) is 13.8. The van der Waals surface area contributed by atoms with Gasteiger partial charge in [0.05, 0.1) is 17.6 Å². The first-order valence-electron chi connectivity index (χ1n) is 8.93. The maximum absolute atomic E-state index is 12.4. The molecule has 2 N–H and O–H groups in total. The summed E-state index contributed by atoms with van der Waals surface area (Å²) in [6.45, 7) is 1.81. The van der Waals surface area contributed by atoms with Gasteiger partial charge in [0, 0.05) is 31.4 Å². The largest absolute Gasteiger partial charge is 0.497 e. The van der Waals surface area contributed by atoms with E-state index in [-0.39, 0.29) is 11.3 Å². The topological polar surface area (TPSA) is 120 Å². The summed E-state index contributed by atoms with van der Waals surface area (Å²) in [5.74, 6) is -0.528. The van der Waals surface area contributed by atoms with Gasteiger partial charge in [0.15, 0.2) is 6.10 Å². The van der Waals surface area contributed by atoms with Gasteiger partial charge in [-0.3, -0.25) is 14.9 Å². The van der Waals surface area contributed by atoms with Gasteiger partial charge >= 0.3 is 5.97 Å². The van der Waals surface area contributed by atoms with Gasteiger partial charge in [0.25, 0.3) is 11.6 Å². The van der Waals surface area contributed by atoms with Gasteiger partial charge in [0.2, 0.25) is 0 Å². The number of hydrogen-bond acceptors (Lipinski definition) is 7. The molecule has 1 atom stereocenters. The van der Waals surface area contributed by atoms with E-state index in [0.29, 0.717) is 18.7 Å². The zero-order valence-corrected chi connectivity index (χ0v) is 16.4. The lowest BCUT2D eigenvalue weighted by atomic mass is 10.1. The summed E-state index contributed by atoms with van der Waals surface area (Å²) >= 11 is 0. The number of non-ortho nitro benzene ring substituents is 1. The number of nitrogens with one attached hydrogen (secondary N) is 2. The molecule has 1 amide bonds. The number of carbonyl (C=O) groups is 2. The highest BCUT2D eigenvalue weighted by Gasteiger charge is 2.22. The van der Waals surface area contributed by atoms with E-state index < -0.39 is 22.9 Å². The van der Waals surface area contributed by atoms with Crippen LogP contribution in [0.15, 0.2) is 42.5 Å². The number of amides is 1. The number of esters is 1. The molecule has 0 saturated carbocycles. The van der Waals surface area contributed by atoms with E-state index >= 15 is 0 Å². The van der Waals surface area contributed by atoms with Crippen LogP contribution >= 0.6 is 0 Å². The average molecular weight is 401 g/mol. The van der Waals surface area contributed by atoms with Crippen LogP contribution in [0, 0.1) is 10.1 Å². The van der Waals surface area contributed by atoms with Crippen LogP contribution in [-0.4, -0.2) is 43.6 Å². The number of nitro benzene ring substituents is 1. The number of nitro groups is 1. The molecule has 0 spiro atoms. The van der Waals surface area contributed by atoms with Crippen LogP contribution in [-0.2, 0) is 16.0 Å². The molecular weight excluding hydrogens is 378 g/mol. The third-order valence-corrected chi connectivity index (χ3v) is 4.23. The molecule has 0 radical (unpaired) electrons. The minimum Gasteiger partial charge on any atom is -0.497 e. The molecule has 0 aromatic heterocycles. The molecule has 0 aliphatic carbocycles. The molecule has 29 heavy (non-hydrogen) atoms. The lowest BCUT2D eigenvalue weighted by Gasteiger charge is -2.15. The summed E-state index contributed by atoms with van der Waals surface area (Å²) < 4.78 is 10.3. The van der Waals surface area contributed by atoms with E-state index in [0.717, 1.165) is 17.4 Å². The van der Waals surface area contributed by atoms with Crippen LogP contribution in [0.4, 0.5) is 11.4 Å². The van der Waals surface area contributed by atoms with Crippen molar-refractivity contribution in [2.45, 2.75) is 19.4 Å². The number of rotatable bonds is 9. The normalized spacial score (nSPS) is 11.3. The highest BCUT2D eigenvalue weighted by atomic mass is 16.6. The first-order valence-corrected chi connectivity index (χ1v) is 8.93. The van der Waals surface area contributed by atoms with E-state index in [1.807, 2.05) is 24.3 Å². The van der Waals surface area contributed by atoms with E-state index in [1.165, 1.54) is 19.1 Å². The lowest BCUT2D eigenvalue weighted by molar-refractivity contribution is -0.384. The van der Waals surface area contributed by atoms with Crippen LogP contribution in [0.3, 0.4) is 0 Å². The van der Waals surface area contributed by atoms with Crippen molar-refractivity contribution < 1.29 is 24.0 Å². The van der Waals surface area contributed by atoms with Crippen molar-refractivity contribution in [3.05, 3.63) is 63.7 Å². The monoisotopic (exact) mass is 401 g/mol. The van der Waals surface area contributed by atoms with Crippen LogP contribution in [0.2, 0.25) is 0 Å². The molecule has 0 saturated heterocycles. The number of carbonyl (C=O) groups excluding carboxylic acids is 2. The molecule has 9 heteroatoms. The van der Waals surface area contributed by atoms with Crippen molar-refractivity contribution in [2.24, 2.45) is 0 Å². The quantitative estimate of drug-likeness (QED) is 0.376. The number of ether oxygens (including phenoxy) is 2. The van der Waals surface area contributed by atoms with Gasteiger partial charge in [-0.2, -0.15) is 0 Å². The maximum atomic E-state index is 12.4. The molecule has 0 aliphatic heterocycles. The average Bonchev–Trinajstić information content (AvgIpc) is 2.73. The Kier molecular flexibility index (Phi) is 7.53. The van der Waals surface area contributed by atoms with Crippen LogP contribution in [0.5, 0.6) is 5.75 Å². The summed E-state index contributed by atoms with van der Waals surface area (Å²) in [5, 5.41) is 16.4.